The van der Waals surface area contributed by atoms with Crippen LogP contribution < -0.4 is 5.32 Å². The van der Waals surface area contributed by atoms with Gasteiger partial charge in [-0.15, -0.1) is 0 Å². The summed E-state index contributed by atoms with van der Waals surface area (Å²) in [6, 6.07) is 14.7. The summed E-state index contributed by atoms with van der Waals surface area (Å²) in [5.74, 6) is -0.885. The van der Waals surface area contributed by atoms with Crippen molar-refractivity contribution >= 4 is 11.9 Å². The summed E-state index contributed by atoms with van der Waals surface area (Å²) in [6.45, 7) is 2.46. The highest BCUT2D eigenvalue weighted by atomic mass is 16.4. The van der Waals surface area contributed by atoms with Gasteiger partial charge in [-0.25, -0.2) is 4.79 Å². The minimum absolute atomic E-state index is 0.0605. The normalized spacial score (nSPS) is 15.4. The molecule has 0 unspecified atom stereocenters. The van der Waals surface area contributed by atoms with E-state index in [4.69, 9.17) is 5.11 Å². The molecule has 2 aromatic rings. The summed E-state index contributed by atoms with van der Waals surface area (Å²) in [5.41, 5.74) is 3.01. The van der Waals surface area contributed by atoms with Crippen molar-refractivity contribution in [1.29, 1.82) is 0 Å². The average molecular weight is 323 g/mol. The molecule has 2 N–H and O–H groups in total. The van der Waals surface area contributed by atoms with Gasteiger partial charge in [0.1, 0.15) is 0 Å². The van der Waals surface area contributed by atoms with Crippen LogP contribution >= 0.6 is 0 Å². The predicted octanol–water partition coefficient (Wildman–Crippen LogP) is 3.43. The van der Waals surface area contributed by atoms with Gasteiger partial charge in [-0.2, -0.15) is 0 Å². The summed E-state index contributed by atoms with van der Waals surface area (Å²) in [5, 5.41) is 12.0. The molecule has 0 saturated heterocycles. The molecule has 0 aromatic heterocycles. The summed E-state index contributed by atoms with van der Waals surface area (Å²) in [6.07, 6.45) is 2.82. The Bertz CT molecular complexity index is 761. The molecule has 4 heteroatoms. The second-order valence-corrected chi connectivity index (χ2v) is 6.44. The summed E-state index contributed by atoms with van der Waals surface area (Å²) < 4.78 is 0. The van der Waals surface area contributed by atoms with E-state index in [1.165, 1.54) is 0 Å². The SMILES string of the molecule is Cc1ccccc1C1(C(=O)NCc2ccc(C(=O)O)cc2)CCC1. The Labute approximate surface area is 141 Å². The average Bonchev–Trinajstić information content (AvgIpc) is 2.54. The lowest BCUT2D eigenvalue weighted by atomic mass is 9.63. The molecule has 4 nitrogen and oxygen atoms in total. The van der Waals surface area contributed by atoms with Crippen LogP contribution in [-0.2, 0) is 16.8 Å². The fraction of sp³-hybridized carbons (Fsp3) is 0.300. The van der Waals surface area contributed by atoms with Crippen molar-refractivity contribution in [2.75, 3.05) is 0 Å². The minimum atomic E-state index is -0.946. The monoisotopic (exact) mass is 323 g/mol. The first-order chi connectivity index (χ1) is 11.5. The zero-order valence-electron chi connectivity index (χ0n) is 13.7. The van der Waals surface area contributed by atoms with Gasteiger partial charge >= 0.3 is 5.97 Å². The highest BCUT2D eigenvalue weighted by molar-refractivity contribution is 5.90. The number of nitrogens with one attached hydrogen (secondary N) is 1. The highest BCUT2D eigenvalue weighted by Crippen LogP contribution is 2.45. The molecule has 0 bridgehead atoms. The second-order valence-electron chi connectivity index (χ2n) is 6.44. The predicted molar refractivity (Wildman–Crippen MR) is 92.0 cm³/mol. The largest absolute Gasteiger partial charge is 0.478 e. The van der Waals surface area contributed by atoms with Gasteiger partial charge in [0.15, 0.2) is 0 Å². The van der Waals surface area contributed by atoms with Crippen LogP contribution in [0.3, 0.4) is 0 Å². The van der Waals surface area contributed by atoms with E-state index >= 15 is 0 Å². The van der Waals surface area contributed by atoms with E-state index in [9.17, 15) is 9.59 Å². The molecule has 0 atom stereocenters. The van der Waals surface area contributed by atoms with Crippen molar-refractivity contribution in [3.05, 3.63) is 70.8 Å². The Kier molecular flexibility index (Phi) is 4.38. The quantitative estimate of drug-likeness (QED) is 0.886. The van der Waals surface area contributed by atoms with Crippen molar-refractivity contribution < 1.29 is 14.7 Å². The van der Waals surface area contributed by atoms with Crippen LogP contribution in [0, 0.1) is 6.92 Å². The topological polar surface area (TPSA) is 66.4 Å². The van der Waals surface area contributed by atoms with E-state index in [-0.39, 0.29) is 11.5 Å². The third-order valence-corrected chi connectivity index (χ3v) is 4.96. The van der Waals surface area contributed by atoms with Crippen LogP contribution in [0.2, 0.25) is 0 Å². The molecule has 0 radical (unpaired) electrons. The van der Waals surface area contributed by atoms with Crippen molar-refractivity contribution in [3.63, 3.8) is 0 Å². The van der Waals surface area contributed by atoms with Crippen LogP contribution in [0.25, 0.3) is 0 Å². The molecule has 124 valence electrons. The van der Waals surface area contributed by atoms with Crippen LogP contribution in [0.4, 0.5) is 0 Å². The molecule has 1 aliphatic carbocycles. The van der Waals surface area contributed by atoms with Gasteiger partial charge in [0.2, 0.25) is 5.91 Å². The molecule has 0 spiro atoms. The van der Waals surface area contributed by atoms with Crippen LogP contribution in [-0.4, -0.2) is 17.0 Å². The van der Waals surface area contributed by atoms with Gasteiger partial charge in [-0.3, -0.25) is 4.79 Å². The first kappa shape index (κ1) is 16.2. The molecule has 3 rings (SSSR count). The number of aromatic carboxylic acids is 1. The minimum Gasteiger partial charge on any atom is -0.478 e. The molecule has 1 aliphatic rings. The number of hydrogen-bond donors (Lipinski definition) is 2. The second kappa shape index (κ2) is 6.48. The van der Waals surface area contributed by atoms with Gasteiger partial charge in [-0.1, -0.05) is 42.8 Å². The number of carbonyl (C=O) groups excluding carboxylic acids is 1. The zero-order chi connectivity index (χ0) is 17.2. The maximum Gasteiger partial charge on any atom is 0.335 e. The molecule has 1 saturated carbocycles. The Morgan fingerprint density at radius 3 is 2.29 bits per heavy atom. The van der Waals surface area contributed by atoms with Gasteiger partial charge in [0.05, 0.1) is 11.0 Å². The molecule has 1 amide bonds. The molecular formula is C20H21NO3. The maximum atomic E-state index is 12.8. The fourth-order valence-corrected chi connectivity index (χ4v) is 3.38. The van der Waals surface area contributed by atoms with Crippen molar-refractivity contribution in [2.24, 2.45) is 0 Å². The standard InChI is InChI=1S/C20H21NO3/c1-14-5-2-3-6-17(14)20(11-4-12-20)19(24)21-13-15-7-9-16(10-8-15)18(22)23/h2-3,5-10H,4,11-13H2,1H3,(H,21,24)(H,22,23). The van der Waals surface area contributed by atoms with Crippen molar-refractivity contribution in [3.8, 4) is 0 Å². The number of carboxylic acid groups (broad SMARTS) is 1. The first-order valence-corrected chi connectivity index (χ1v) is 8.19. The molecule has 1 fully saturated rings. The van der Waals surface area contributed by atoms with E-state index in [0.29, 0.717) is 6.54 Å². The third-order valence-electron chi connectivity index (χ3n) is 4.96. The molecule has 0 aliphatic heterocycles. The third kappa shape index (κ3) is 2.92. The lowest BCUT2D eigenvalue weighted by Crippen LogP contribution is -2.49. The Morgan fingerprint density at radius 1 is 1.08 bits per heavy atom. The van der Waals surface area contributed by atoms with E-state index in [0.717, 1.165) is 36.0 Å². The van der Waals surface area contributed by atoms with Gasteiger partial charge in [0, 0.05) is 6.54 Å². The lowest BCUT2D eigenvalue weighted by Gasteiger charge is -2.41. The Balaban J connectivity index is 1.72. The molecule has 0 heterocycles. The number of carboxylic acids is 1. The van der Waals surface area contributed by atoms with Gasteiger partial charge in [-0.05, 0) is 48.6 Å². The number of hydrogen-bond acceptors (Lipinski definition) is 2. The fourth-order valence-electron chi connectivity index (χ4n) is 3.38. The van der Waals surface area contributed by atoms with Crippen LogP contribution in [0.1, 0.15) is 46.3 Å². The maximum absolute atomic E-state index is 12.8. The number of benzene rings is 2. The first-order valence-electron chi connectivity index (χ1n) is 8.19. The van der Waals surface area contributed by atoms with Crippen molar-refractivity contribution in [2.45, 2.75) is 38.1 Å². The van der Waals surface area contributed by atoms with Crippen LogP contribution in [0.5, 0.6) is 0 Å². The molecular weight excluding hydrogens is 302 g/mol. The van der Waals surface area contributed by atoms with E-state index in [2.05, 4.69) is 11.4 Å². The van der Waals surface area contributed by atoms with E-state index < -0.39 is 11.4 Å². The zero-order valence-corrected chi connectivity index (χ0v) is 13.7. The smallest absolute Gasteiger partial charge is 0.335 e. The van der Waals surface area contributed by atoms with Gasteiger partial charge in [0.25, 0.3) is 0 Å². The van der Waals surface area contributed by atoms with Crippen molar-refractivity contribution in [1.82, 2.24) is 5.32 Å². The summed E-state index contributed by atoms with van der Waals surface area (Å²) in [7, 11) is 0. The number of amides is 1. The number of rotatable bonds is 5. The Hall–Kier alpha value is -2.62. The Morgan fingerprint density at radius 2 is 1.75 bits per heavy atom. The van der Waals surface area contributed by atoms with Gasteiger partial charge < -0.3 is 10.4 Å². The summed E-state index contributed by atoms with van der Waals surface area (Å²) in [4.78, 5) is 23.7. The summed E-state index contributed by atoms with van der Waals surface area (Å²) >= 11 is 0. The van der Waals surface area contributed by atoms with E-state index in [1.54, 1.807) is 24.3 Å². The van der Waals surface area contributed by atoms with E-state index in [1.807, 2.05) is 25.1 Å². The molecule has 2 aromatic carbocycles. The van der Waals surface area contributed by atoms with Crippen LogP contribution in [0.15, 0.2) is 48.5 Å². The molecule has 24 heavy (non-hydrogen) atoms. The lowest BCUT2D eigenvalue weighted by molar-refractivity contribution is -0.130. The highest BCUT2D eigenvalue weighted by Gasteiger charge is 2.46. The number of aryl methyl sites for hydroxylation is 1. The number of carbonyl (C=O) groups is 2.